The molecule has 146 valence electrons. The van der Waals surface area contributed by atoms with Gasteiger partial charge < -0.3 is 4.84 Å². The number of amides is 2. The van der Waals surface area contributed by atoms with Crippen LogP contribution in [0.5, 0.6) is 0 Å². The highest BCUT2D eigenvalue weighted by Crippen LogP contribution is 2.24. The largest absolute Gasteiger partial charge is 0.386 e. The van der Waals surface area contributed by atoms with Crippen molar-refractivity contribution in [2.24, 2.45) is 0 Å². The lowest BCUT2D eigenvalue weighted by Gasteiger charge is -2.12. The third-order valence-electron chi connectivity index (χ3n) is 4.43. The highest BCUT2D eigenvalue weighted by atomic mass is 35.5. The zero-order valence-electron chi connectivity index (χ0n) is 15.3. The lowest BCUT2D eigenvalue weighted by Crippen LogP contribution is -2.33. The number of carbonyl (C=O) groups excluding carboxylic acids is 3. The van der Waals surface area contributed by atoms with Gasteiger partial charge in [-0.3, -0.25) is 9.59 Å². The van der Waals surface area contributed by atoms with E-state index in [9.17, 15) is 14.4 Å². The minimum atomic E-state index is -0.934. The van der Waals surface area contributed by atoms with Gasteiger partial charge >= 0.3 is 5.97 Å². The predicted molar refractivity (Wildman–Crippen MR) is 103 cm³/mol. The molecule has 0 radical (unpaired) electrons. The molecule has 0 unspecified atom stereocenters. The van der Waals surface area contributed by atoms with E-state index in [1.54, 1.807) is 36.4 Å². The van der Waals surface area contributed by atoms with Crippen LogP contribution in [0.15, 0.2) is 48.5 Å². The molecule has 4 rings (SSSR count). The molecular formula is C20H15ClN4O4. The van der Waals surface area contributed by atoms with Crippen LogP contribution in [0, 0.1) is 0 Å². The zero-order valence-corrected chi connectivity index (χ0v) is 16.1. The molecule has 2 heterocycles. The Morgan fingerprint density at radius 2 is 1.76 bits per heavy atom. The monoisotopic (exact) mass is 410 g/mol. The smallest absolute Gasteiger partial charge is 0.322 e. The van der Waals surface area contributed by atoms with Gasteiger partial charge in [0.15, 0.2) is 5.69 Å². The zero-order chi connectivity index (χ0) is 20.5. The van der Waals surface area contributed by atoms with Gasteiger partial charge in [-0.05, 0) is 36.8 Å². The summed E-state index contributed by atoms with van der Waals surface area (Å²) < 4.78 is 1.49. The third kappa shape index (κ3) is 3.27. The lowest BCUT2D eigenvalue weighted by molar-refractivity contribution is -0.0589. The normalized spacial score (nSPS) is 13.0. The molecule has 0 saturated carbocycles. The van der Waals surface area contributed by atoms with E-state index in [-0.39, 0.29) is 16.8 Å². The Labute approximate surface area is 170 Å². The van der Waals surface area contributed by atoms with Crippen LogP contribution in [-0.2, 0) is 11.3 Å². The molecule has 0 saturated heterocycles. The molecule has 29 heavy (non-hydrogen) atoms. The highest BCUT2D eigenvalue weighted by Gasteiger charge is 2.39. The molecule has 1 aliphatic heterocycles. The molecule has 3 aromatic rings. The Morgan fingerprint density at radius 1 is 1.07 bits per heavy atom. The average molecular weight is 411 g/mol. The summed E-state index contributed by atoms with van der Waals surface area (Å²) in [5, 5.41) is 8.94. The maximum atomic E-state index is 12.7. The van der Waals surface area contributed by atoms with Gasteiger partial charge in [0, 0.05) is 5.02 Å². The van der Waals surface area contributed by atoms with Crippen LogP contribution in [0.3, 0.4) is 0 Å². The van der Waals surface area contributed by atoms with Gasteiger partial charge in [-0.25, -0.2) is 9.48 Å². The number of nitrogens with zero attached hydrogens (tertiary/aromatic N) is 4. The van der Waals surface area contributed by atoms with E-state index in [0.717, 1.165) is 0 Å². The fourth-order valence-electron chi connectivity index (χ4n) is 3.11. The first-order valence-electron chi connectivity index (χ1n) is 8.92. The number of imide groups is 1. The van der Waals surface area contributed by atoms with Crippen LogP contribution in [0.25, 0.3) is 5.69 Å². The molecule has 9 heteroatoms. The molecule has 2 amide bonds. The van der Waals surface area contributed by atoms with E-state index in [0.29, 0.717) is 34.3 Å². The first kappa shape index (κ1) is 18.8. The minimum absolute atomic E-state index is 0.0663. The maximum Gasteiger partial charge on any atom is 0.386 e. The first-order valence-corrected chi connectivity index (χ1v) is 9.29. The minimum Gasteiger partial charge on any atom is -0.322 e. The lowest BCUT2D eigenvalue weighted by atomic mass is 10.1. The number of aromatic nitrogens is 3. The average Bonchev–Trinajstić information content (AvgIpc) is 3.24. The van der Waals surface area contributed by atoms with Gasteiger partial charge in [0.25, 0.3) is 11.8 Å². The van der Waals surface area contributed by atoms with Crippen molar-refractivity contribution in [3.05, 3.63) is 76.1 Å². The van der Waals surface area contributed by atoms with Crippen molar-refractivity contribution in [2.45, 2.75) is 19.8 Å². The highest BCUT2D eigenvalue weighted by molar-refractivity contribution is 6.30. The van der Waals surface area contributed by atoms with Gasteiger partial charge in [0.2, 0.25) is 0 Å². The first-order chi connectivity index (χ1) is 14.0. The number of rotatable bonds is 5. The van der Waals surface area contributed by atoms with Crippen LogP contribution in [0.1, 0.15) is 50.2 Å². The molecule has 0 spiro atoms. The number of hydrogen-bond donors (Lipinski definition) is 0. The van der Waals surface area contributed by atoms with Crippen molar-refractivity contribution < 1.29 is 19.2 Å². The molecule has 1 aromatic heterocycles. The maximum absolute atomic E-state index is 12.7. The summed E-state index contributed by atoms with van der Waals surface area (Å²) in [6.07, 6.45) is 1.19. The van der Waals surface area contributed by atoms with Crippen LogP contribution in [0.4, 0.5) is 0 Å². The van der Waals surface area contributed by atoms with Crippen LogP contribution >= 0.6 is 11.6 Å². The Balaban J connectivity index is 1.65. The molecule has 0 N–H and O–H groups in total. The van der Waals surface area contributed by atoms with Crippen LogP contribution in [-0.4, -0.2) is 37.8 Å². The van der Waals surface area contributed by atoms with Crippen molar-refractivity contribution in [2.75, 3.05) is 0 Å². The molecule has 0 bridgehead atoms. The van der Waals surface area contributed by atoms with Crippen molar-refractivity contribution >= 4 is 29.4 Å². The fourth-order valence-corrected chi connectivity index (χ4v) is 3.30. The summed E-state index contributed by atoms with van der Waals surface area (Å²) in [6, 6.07) is 13.2. The number of hydroxylamine groups is 2. The number of halogens is 1. The Kier molecular flexibility index (Phi) is 4.85. The van der Waals surface area contributed by atoms with Crippen LogP contribution < -0.4 is 0 Å². The molecule has 0 fully saturated rings. The molecule has 0 atom stereocenters. The quantitative estimate of drug-likeness (QED) is 0.599. The fraction of sp³-hybridized carbons (Fsp3) is 0.150. The van der Waals surface area contributed by atoms with Crippen LogP contribution in [0.2, 0.25) is 5.02 Å². The summed E-state index contributed by atoms with van der Waals surface area (Å²) in [5.74, 6) is -2.33. The topological polar surface area (TPSA) is 94.4 Å². The van der Waals surface area contributed by atoms with Crippen molar-refractivity contribution in [3.63, 3.8) is 0 Å². The second kappa shape index (κ2) is 7.48. The number of hydrogen-bond acceptors (Lipinski definition) is 6. The summed E-state index contributed by atoms with van der Waals surface area (Å²) in [5.41, 5.74) is 1.43. The van der Waals surface area contributed by atoms with E-state index >= 15 is 0 Å². The molecule has 8 nitrogen and oxygen atoms in total. The third-order valence-corrected chi connectivity index (χ3v) is 4.66. The number of benzene rings is 2. The van der Waals surface area contributed by atoms with Crippen molar-refractivity contribution in [1.82, 2.24) is 20.1 Å². The summed E-state index contributed by atoms with van der Waals surface area (Å²) >= 11 is 6.05. The SMILES string of the molecule is CCCc1c(C(=O)ON2C(=O)c3ccccc3C2=O)nnn1-c1cccc(Cl)c1. The Hall–Kier alpha value is -3.52. The van der Waals surface area contributed by atoms with E-state index in [1.807, 2.05) is 6.92 Å². The van der Waals surface area contributed by atoms with Crippen molar-refractivity contribution in [3.8, 4) is 5.69 Å². The second-order valence-electron chi connectivity index (χ2n) is 6.36. The molecular weight excluding hydrogens is 396 g/mol. The van der Waals surface area contributed by atoms with Gasteiger partial charge in [-0.1, -0.05) is 53.4 Å². The summed E-state index contributed by atoms with van der Waals surface area (Å²) in [4.78, 5) is 42.7. The van der Waals surface area contributed by atoms with E-state index < -0.39 is 17.8 Å². The Bertz CT molecular complexity index is 1110. The second-order valence-corrected chi connectivity index (χ2v) is 6.79. The molecule has 0 aliphatic carbocycles. The standard InChI is InChI=1S/C20H15ClN4O4/c1-2-6-16-17(22-23-24(16)13-8-5-7-12(21)11-13)20(28)29-25-18(26)14-9-3-4-10-15(14)19(25)27/h3-5,7-11H,2,6H2,1H3. The van der Waals surface area contributed by atoms with Gasteiger partial charge in [0.1, 0.15) is 0 Å². The van der Waals surface area contributed by atoms with E-state index in [2.05, 4.69) is 10.3 Å². The number of carbonyl (C=O) groups is 3. The summed E-state index contributed by atoms with van der Waals surface area (Å²) in [7, 11) is 0. The summed E-state index contributed by atoms with van der Waals surface area (Å²) in [6.45, 7) is 1.94. The molecule has 2 aromatic carbocycles. The Morgan fingerprint density at radius 3 is 2.38 bits per heavy atom. The van der Waals surface area contributed by atoms with Gasteiger partial charge in [0.05, 0.1) is 22.5 Å². The predicted octanol–water partition coefficient (Wildman–Crippen LogP) is 3.24. The van der Waals surface area contributed by atoms with Crippen molar-refractivity contribution in [1.29, 1.82) is 0 Å². The van der Waals surface area contributed by atoms with E-state index in [4.69, 9.17) is 16.4 Å². The molecule has 1 aliphatic rings. The van der Waals surface area contributed by atoms with Gasteiger partial charge in [-0.2, -0.15) is 0 Å². The van der Waals surface area contributed by atoms with Gasteiger partial charge in [-0.15, -0.1) is 5.10 Å². The van der Waals surface area contributed by atoms with E-state index in [1.165, 1.54) is 16.8 Å². The number of fused-ring (bicyclic) bond motifs is 1.